The largest absolute Gasteiger partial charge is 0.368 e. The van der Waals surface area contributed by atoms with Crippen molar-refractivity contribution in [1.82, 2.24) is 9.97 Å². The first-order chi connectivity index (χ1) is 6.27. The van der Waals surface area contributed by atoms with E-state index in [2.05, 4.69) is 9.97 Å². The van der Waals surface area contributed by atoms with Gasteiger partial charge in [0.2, 0.25) is 5.95 Å². The highest BCUT2D eigenvalue weighted by Crippen LogP contribution is 2.31. The molecular formula is C8H6ClN3S. The van der Waals surface area contributed by atoms with Gasteiger partial charge in [0, 0.05) is 6.20 Å². The van der Waals surface area contributed by atoms with Gasteiger partial charge in [-0.15, -0.1) is 11.3 Å². The summed E-state index contributed by atoms with van der Waals surface area (Å²) in [5, 5.41) is 2.61. The zero-order valence-corrected chi connectivity index (χ0v) is 8.14. The lowest BCUT2D eigenvalue weighted by Crippen LogP contribution is -1.94. The molecule has 0 saturated carbocycles. The first-order valence-electron chi connectivity index (χ1n) is 3.59. The van der Waals surface area contributed by atoms with Crippen molar-refractivity contribution in [2.75, 3.05) is 5.73 Å². The number of hydrogen-bond donors (Lipinski definition) is 1. The van der Waals surface area contributed by atoms with E-state index in [1.54, 1.807) is 12.3 Å². The maximum absolute atomic E-state index is 5.94. The lowest BCUT2D eigenvalue weighted by Gasteiger charge is -1.97. The molecule has 0 unspecified atom stereocenters. The number of halogens is 1. The molecule has 0 radical (unpaired) electrons. The number of thiophene rings is 1. The second-order valence-corrected chi connectivity index (χ2v) is 3.72. The Morgan fingerprint density at radius 1 is 1.38 bits per heavy atom. The quantitative estimate of drug-likeness (QED) is 0.788. The van der Waals surface area contributed by atoms with Crippen molar-refractivity contribution < 1.29 is 0 Å². The molecule has 2 N–H and O–H groups in total. The SMILES string of the molecule is Nc1nccc(-c2sccc2Cl)n1. The summed E-state index contributed by atoms with van der Waals surface area (Å²) in [6.45, 7) is 0. The average molecular weight is 212 g/mol. The third-order valence-corrected chi connectivity index (χ3v) is 2.89. The molecule has 0 aromatic carbocycles. The smallest absolute Gasteiger partial charge is 0.220 e. The average Bonchev–Trinajstić information content (AvgIpc) is 2.51. The third-order valence-electron chi connectivity index (χ3n) is 1.52. The predicted molar refractivity (Wildman–Crippen MR) is 54.8 cm³/mol. The van der Waals surface area contributed by atoms with Crippen LogP contribution in [0.2, 0.25) is 5.02 Å². The second-order valence-electron chi connectivity index (χ2n) is 2.40. The van der Waals surface area contributed by atoms with Crippen LogP contribution in [0.3, 0.4) is 0 Å². The predicted octanol–water partition coefficient (Wildman–Crippen LogP) is 2.44. The van der Waals surface area contributed by atoms with Crippen LogP contribution in [0.25, 0.3) is 10.6 Å². The van der Waals surface area contributed by atoms with E-state index >= 15 is 0 Å². The molecule has 0 spiro atoms. The molecule has 0 bridgehead atoms. The molecule has 2 heterocycles. The fourth-order valence-corrected chi connectivity index (χ4v) is 2.10. The van der Waals surface area contributed by atoms with E-state index in [0.29, 0.717) is 5.02 Å². The van der Waals surface area contributed by atoms with Crippen molar-refractivity contribution in [1.29, 1.82) is 0 Å². The van der Waals surface area contributed by atoms with E-state index in [1.807, 2.05) is 11.4 Å². The van der Waals surface area contributed by atoms with Gasteiger partial charge in [0.05, 0.1) is 15.6 Å². The van der Waals surface area contributed by atoms with E-state index in [0.717, 1.165) is 10.6 Å². The highest BCUT2D eigenvalue weighted by atomic mass is 35.5. The Hall–Kier alpha value is -1.13. The van der Waals surface area contributed by atoms with E-state index in [-0.39, 0.29) is 5.95 Å². The van der Waals surface area contributed by atoms with Crippen LogP contribution in [0, 0.1) is 0 Å². The molecule has 2 aromatic heterocycles. The van der Waals surface area contributed by atoms with Crippen LogP contribution in [0.5, 0.6) is 0 Å². The molecule has 0 fully saturated rings. The summed E-state index contributed by atoms with van der Waals surface area (Å²) in [4.78, 5) is 8.80. The van der Waals surface area contributed by atoms with Crippen LogP contribution in [0.1, 0.15) is 0 Å². The number of nitrogen functional groups attached to an aromatic ring is 1. The topological polar surface area (TPSA) is 51.8 Å². The number of nitrogens with two attached hydrogens (primary N) is 1. The fourth-order valence-electron chi connectivity index (χ4n) is 0.977. The maximum Gasteiger partial charge on any atom is 0.220 e. The minimum atomic E-state index is 0.266. The van der Waals surface area contributed by atoms with Crippen LogP contribution in [-0.4, -0.2) is 9.97 Å². The minimum absolute atomic E-state index is 0.266. The molecule has 0 aliphatic rings. The minimum Gasteiger partial charge on any atom is -0.368 e. The van der Waals surface area contributed by atoms with Crippen molar-refractivity contribution in [3.63, 3.8) is 0 Å². The summed E-state index contributed by atoms with van der Waals surface area (Å²) in [6.07, 6.45) is 1.62. The van der Waals surface area contributed by atoms with Crippen LogP contribution in [0.15, 0.2) is 23.7 Å². The number of anilines is 1. The van der Waals surface area contributed by atoms with Gasteiger partial charge in [-0.2, -0.15) is 0 Å². The van der Waals surface area contributed by atoms with Gasteiger partial charge in [-0.3, -0.25) is 0 Å². The highest BCUT2D eigenvalue weighted by molar-refractivity contribution is 7.14. The van der Waals surface area contributed by atoms with E-state index in [4.69, 9.17) is 17.3 Å². The van der Waals surface area contributed by atoms with Gasteiger partial charge in [0.15, 0.2) is 0 Å². The van der Waals surface area contributed by atoms with Gasteiger partial charge in [0.1, 0.15) is 0 Å². The van der Waals surface area contributed by atoms with Crippen molar-refractivity contribution in [2.24, 2.45) is 0 Å². The van der Waals surface area contributed by atoms with Crippen LogP contribution < -0.4 is 5.73 Å². The normalized spacial score (nSPS) is 10.2. The van der Waals surface area contributed by atoms with Crippen LogP contribution >= 0.6 is 22.9 Å². The molecule has 3 nitrogen and oxygen atoms in total. The van der Waals surface area contributed by atoms with Crippen LogP contribution in [0.4, 0.5) is 5.95 Å². The molecule has 0 saturated heterocycles. The Labute approximate surface area is 84.2 Å². The number of rotatable bonds is 1. The van der Waals surface area contributed by atoms with Gasteiger partial charge >= 0.3 is 0 Å². The van der Waals surface area contributed by atoms with E-state index < -0.39 is 0 Å². The highest BCUT2D eigenvalue weighted by Gasteiger charge is 2.06. The summed E-state index contributed by atoms with van der Waals surface area (Å²) in [7, 11) is 0. The Kier molecular flexibility index (Phi) is 2.16. The zero-order chi connectivity index (χ0) is 9.26. The van der Waals surface area contributed by atoms with Crippen molar-refractivity contribution in [3.8, 4) is 10.6 Å². The molecule has 0 atom stereocenters. The summed E-state index contributed by atoms with van der Waals surface area (Å²) in [5.74, 6) is 0.266. The van der Waals surface area contributed by atoms with Gasteiger partial charge < -0.3 is 5.73 Å². The van der Waals surface area contributed by atoms with E-state index in [9.17, 15) is 0 Å². The van der Waals surface area contributed by atoms with Crippen molar-refractivity contribution >= 4 is 28.9 Å². The van der Waals surface area contributed by atoms with Crippen molar-refractivity contribution in [2.45, 2.75) is 0 Å². The zero-order valence-electron chi connectivity index (χ0n) is 6.57. The lowest BCUT2D eigenvalue weighted by molar-refractivity contribution is 1.19. The summed E-state index contributed by atoms with van der Waals surface area (Å²) in [5.41, 5.74) is 6.22. The number of nitrogens with zero attached hydrogens (tertiary/aromatic N) is 2. The molecule has 5 heteroatoms. The fraction of sp³-hybridized carbons (Fsp3) is 0. The standard InChI is InChI=1S/C8H6ClN3S/c9-5-2-4-13-7(5)6-1-3-11-8(10)12-6/h1-4H,(H2,10,11,12). The second kappa shape index (κ2) is 3.32. The monoisotopic (exact) mass is 211 g/mol. The molecular weight excluding hydrogens is 206 g/mol. The summed E-state index contributed by atoms with van der Waals surface area (Å²) >= 11 is 7.47. The molecule has 66 valence electrons. The lowest BCUT2D eigenvalue weighted by atomic mass is 10.3. The number of aromatic nitrogens is 2. The molecule has 0 amide bonds. The maximum atomic E-state index is 5.94. The van der Waals surface area contributed by atoms with Gasteiger partial charge in [-0.1, -0.05) is 11.6 Å². The van der Waals surface area contributed by atoms with Gasteiger partial charge in [-0.05, 0) is 17.5 Å². The molecule has 0 aliphatic carbocycles. The molecule has 2 rings (SSSR count). The van der Waals surface area contributed by atoms with Gasteiger partial charge in [0.25, 0.3) is 0 Å². The van der Waals surface area contributed by atoms with E-state index in [1.165, 1.54) is 11.3 Å². The summed E-state index contributed by atoms with van der Waals surface area (Å²) in [6, 6.07) is 3.62. The Morgan fingerprint density at radius 2 is 2.23 bits per heavy atom. The Balaban J connectivity index is 2.53. The number of hydrogen-bond acceptors (Lipinski definition) is 4. The molecule has 2 aromatic rings. The Morgan fingerprint density at radius 3 is 2.85 bits per heavy atom. The molecule has 13 heavy (non-hydrogen) atoms. The third kappa shape index (κ3) is 1.64. The van der Waals surface area contributed by atoms with Crippen molar-refractivity contribution in [3.05, 3.63) is 28.7 Å². The molecule has 0 aliphatic heterocycles. The Bertz CT molecular complexity index is 427. The first-order valence-corrected chi connectivity index (χ1v) is 4.85. The van der Waals surface area contributed by atoms with Gasteiger partial charge in [-0.25, -0.2) is 9.97 Å². The summed E-state index contributed by atoms with van der Waals surface area (Å²) < 4.78 is 0. The first kappa shape index (κ1) is 8.47. The van der Waals surface area contributed by atoms with Crippen LogP contribution in [-0.2, 0) is 0 Å².